The van der Waals surface area contributed by atoms with Crippen molar-refractivity contribution in [2.75, 3.05) is 38.1 Å². The molecule has 2 unspecified atom stereocenters. The van der Waals surface area contributed by atoms with E-state index in [0.29, 0.717) is 54.4 Å². The molecule has 16 heteroatoms. The Kier molecular flexibility index (Phi) is 9.94. The molecule has 7 rings (SSSR count). The predicted molar refractivity (Wildman–Crippen MR) is 185 cm³/mol. The lowest BCUT2D eigenvalue weighted by atomic mass is 9.92. The number of hydrogen-bond donors (Lipinski definition) is 2. The van der Waals surface area contributed by atoms with Crippen molar-refractivity contribution < 1.29 is 36.7 Å². The molecule has 11 nitrogen and oxygen atoms in total. The first-order chi connectivity index (χ1) is 25.3. The Bertz CT molecular complexity index is 1980. The van der Waals surface area contributed by atoms with E-state index in [1.54, 1.807) is 41.3 Å². The molecule has 3 fully saturated rings. The van der Waals surface area contributed by atoms with E-state index in [1.165, 1.54) is 29.2 Å². The number of hydrogen-bond acceptors (Lipinski definition) is 8. The van der Waals surface area contributed by atoms with E-state index in [-0.39, 0.29) is 41.5 Å². The van der Waals surface area contributed by atoms with Gasteiger partial charge in [-0.05, 0) is 72.5 Å². The molecule has 0 radical (unpaired) electrons. The SMILES string of the molecule is O=C(NCc1ccc(F)cc1)C(=O)N1CC2CN(C(=O)c3ccc(Nc4nc(CC5(c6ccc(Cl)cc6)CC5)nc(OCC(F)(F)F)n4)cc3)CC2C1. The van der Waals surface area contributed by atoms with E-state index in [0.717, 1.165) is 18.4 Å². The Morgan fingerprint density at radius 3 is 2.11 bits per heavy atom. The molecule has 0 spiro atoms. The molecule has 3 amide bonds. The number of carbonyl (C=O) groups is 3. The summed E-state index contributed by atoms with van der Waals surface area (Å²) in [6.07, 6.45) is -2.53. The largest absolute Gasteiger partial charge is 0.454 e. The van der Waals surface area contributed by atoms with Gasteiger partial charge < -0.3 is 25.2 Å². The van der Waals surface area contributed by atoms with E-state index in [2.05, 4.69) is 25.6 Å². The van der Waals surface area contributed by atoms with Crippen molar-refractivity contribution in [1.82, 2.24) is 30.1 Å². The number of carbonyl (C=O) groups excluding carboxylic acids is 3. The standard InChI is InChI=1S/C37H34ClF4N7O4/c38-27-7-5-26(6-8-27)36(13-14-36)15-30-45-34(47-35(46-30)53-21-37(40,41)42)44-29-11-3-23(4-12-29)32(51)48-17-24-19-49(20-25(24)18-48)33(52)31(50)43-16-22-1-9-28(39)10-2-22/h1-12,24-25H,13-21H2,(H,43,50)(H,44,45,46,47). The normalized spacial score (nSPS) is 18.7. The molecule has 4 aromatic rings. The van der Waals surface area contributed by atoms with Crippen LogP contribution in [0, 0.1) is 17.7 Å². The van der Waals surface area contributed by atoms with Gasteiger partial charge in [-0.2, -0.15) is 28.1 Å². The summed E-state index contributed by atoms with van der Waals surface area (Å²) in [6, 6.07) is 19.1. The Morgan fingerprint density at radius 1 is 0.849 bits per heavy atom. The second kappa shape index (κ2) is 14.6. The summed E-state index contributed by atoms with van der Waals surface area (Å²) in [5, 5.41) is 6.17. The first-order valence-corrected chi connectivity index (χ1v) is 17.4. The van der Waals surface area contributed by atoms with Crippen LogP contribution in [0.4, 0.5) is 29.2 Å². The smallest absolute Gasteiger partial charge is 0.422 e. The van der Waals surface area contributed by atoms with Gasteiger partial charge in [-0.25, -0.2) is 4.39 Å². The van der Waals surface area contributed by atoms with E-state index in [9.17, 15) is 31.9 Å². The van der Waals surface area contributed by atoms with Crippen LogP contribution in [0.3, 0.4) is 0 Å². The van der Waals surface area contributed by atoms with Crippen LogP contribution < -0.4 is 15.4 Å². The number of aromatic nitrogens is 3. The minimum absolute atomic E-state index is 0.00577. The Labute approximate surface area is 306 Å². The van der Waals surface area contributed by atoms with Crippen molar-refractivity contribution in [3.05, 3.63) is 106 Å². The highest BCUT2D eigenvalue weighted by molar-refractivity contribution is 6.35. The van der Waals surface area contributed by atoms with Gasteiger partial charge in [0.1, 0.15) is 11.6 Å². The molecule has 0 bridgehead atoms. The van der Waals surface area contributed by atoms with E-state index in [4.69, 9.17) is 16.3 Å². The van der Waals surface area contributed by atoms with Crippen molar-refractivity contribution in [3.63, 3.8) is 0 Å². The molecule has 1 aromatic heterocycles. The maximum absolute atomic E-state index is 13.4. The summed E-state index contributed by atoms with van der Waals surface area (Å²) in [7, 11) is 0. The Morgan fingerprint density at radius 2 is 1.49 bits per heavy atom. The van der Waals surface area contributed by atoms with Crippen LogP contribution in [0.1, 0.15) is 40.2 Å². The summed E-state index contributed by atoms with van der Waals surface area (Å²) in [5.74, 6) is -1.65. The fourth-order valence-corrected chi connectivity index (χ4v) is 7.03. The Balaban J connectivity index is 0.954. The van der Waals surface area contributed by atoms with Gasteiger partial charge in [0.05, 0.1) is 0 Å². The second-order valence-electron chi connectivity index (χ2n) is 13.7. The lowest BCUT2D eigenvalue weighted by Gasteiger charge is -2.22. The molecule has 53 heavy (non-hydrogen) atoms. The third-order valence-electron chi connectivity index (χ3n) is 9.84. The van der Waals surface area contributed by atoms with Crippen LogP contribution in [-0.4, -0.2) is 81.4 Å². The van der Waals surface area contributed by atoms with Crippen LogP contribution in [0.2, 0.25) is 5.02 Å². The summed E-state index contributed by atoms with van der Waals surface area (Å²) < 4.78 is 57.0. The van der Waals surface area contributed by atoms with Gasteiger partial charge in [-0.15, -0.1) is 0 Å². The number of alkyl halides is 3. The van der Waals surface area contributed by atoms with E-state index >= 15 is 0 Å². The lowest BCUT2D eigenvalue weighted by Crippen LogP contribution is -2.43. The van der Waals surface area contributed by atoms with Gasteiger partial charge in [0.2, 0.25) is 5.95 Å². The lowest BCUT2D eigenvalue weighted by molar-refractivity contribution is -0.154. The number of halogens is 5. The number of fused-ring (bicyclic) bond motifs is 1. The molecule has 1 aliphatic carbocycles. The van der Waals surface area contributed by atoms with E-state index in [1.807, 2.05) is 12.1 Å². The number of ether oxygens (including phenoxy) is 1. The molecule has 2 saturated heterocycles. The minimum atomic E-state index is -4.59. The monoisotopic (exact) mass is 751 g/mol. The van der Waals surface area contributed by atoms with Gasteiger partial charge >= 0.3 is 24.0 Å². The van der Waals surface area contributed by atoms with E-state index < -0.39 is 36.4 Å². The summed E-state index contributed by atoms with van der Waals surface area (Å²) in [5.41, 5.74) is 2.34. The molecular weight excluding hydrogens is 718 g/mol. The second-order valence-corrected chi connectivity index (χ2v) is 14.1. The van der Waals surface area contributed by atoms with Gasteiger partial charge in [-0.1, -0.05) is 35.9 Å². The average Bonchev–Trinajstić information content (AvgIpc) is 3.63. The Hall–Kier alpha value is -5.31. The molecule has 3 heterocycles. The van der Waals surface area contributed by atoms with Crippen molar-refractivity contribution >= 4 is 41.0 Å². The van der Waals surface area contributed by atoms with Crippen LogP contribution in [0.15, 0.2) is 72.8 Å². The maximum Gasteiger partial charge on any atom is 0.422 e. The third-order valence-corrected chi connectivity index (χ3v) is 10.1. The highest BCUT2D eigenvalue weighted by Gasteiger charge is 2.46. The van der Waals surface area contributed by atoms with Crippen molar-refractivity contribution in [2.24, 2.45) is 11.8 Å². The third kappa shape index (κ3) is 8.67. The number of likely N-dealkylation sites (tertiary alicyclic amines) is 2. The molecule has 3 aromatic carbocycles. The molecule has 3 aliphatic rings. The number of amides is 3. The number of rotatable bonds is 10. The van der Waals surface area contributed by atoms with Gasteiger partial charge in [-0.3, -0.25) is 14.4 Å². The van der Waals surface area contributed by atoms with Gasteiger partial charge in [0.15, 0.2) is 6.61 Å². The first-order valence-electron chi connectivity index (χ1n) is 17.0. The highest BCUT2D eigenvalue weighted by Crippen LogP contribution is 2.50. The molecule has 2 atom stereocenters. The zero-order chi connectivity index (χ0) is 37.3. The highest BCUT2D eigenvalue weighted by atomic mass is 35.5. The molecule has 1 saturated carbocycles. The van der Waals surface area contributed by atoms with Crippen molar-refractivity contribution in [1.29, 1.82) is 0 Å². The predicted octanol–water partition coefficient (Wildman–Crippen LogP) is 5.47. The summed E-state index contributed by atoms with van der Waals surface area (Å²) >= 11 is 6.06. The van der Waals surface area contributed by atoms with Crippen LogP contribution in [-0.2, 0) is 28.0 Å². The maximum atomic E-state index is 13.4. The van der Waals surface area contributed by atoms with Crippen LogP contribution in [0.5, 0.6) is 6.01 Å². The number of nitrogens with one attached hydrogen (secondary N) is 2. The fraction of sp³-hybridized carbons (Fsp3) is 0.351. The average molecular weight is 752 g/mol. The van der Waals surface area contributed by atoms with Crippen molar-refractivity contribution in [2.45, 2.75) is 37.4 Å². The minimum Gasteiger partial charge on any atom is -0.454 e. The van der Waals surface area contributed by atoms with Crippen molar-refractivity contribution in [3.8, 4) is 6.01 Å². The quantitative estimate of drug-likeness (QED) is 0.161. The summed E-state index contributed by atoms with van der Waals surface area (Å²) in [4.78, 5) is 54.7. The number of nitrogens with zero attached hydrogens (tertiary/aromatic N) is 5. The van der Waals surface area contributed by atoms with Crippen LogP contribution >= 0.6 is 11.6 Å². The van der Waals surface area contributed by atoms with Gasteiger partial charge in [0.25, 0.3) is 5.91 Å². The molecule has 276 valence electrons. The number of benzene rings is 3. The zero-order valence-electron chi connectivity index (χ0n) is 28.2. The topological polar surface area (TPSA) is 130 Å². The summed E-state index contributed by atoms with van der Waals surface area (Å²) in [6.45, 7) is 0.0946. The number of anilines is 2. The molecule has 2 aliphatic heterocycles. The van der Waals surface area contributed by atoms with Crippen LogP contribution in [0.25, 0.3) is 0 Å². The molecule has 2 N–H and O–H groups in total. The molecular formula is C37H34ClF4N7O4. The van der Waals surface area contributed by atoms with Gasteiger partial charge in [0, 0.05) is 72.7 Å². The first kappa shape index (κ1) is 36.1. The zero-order valence-corrected chi connectivity index (χ0v) is 29.0. The fourth-order valence-electron chi connectivity index (χ4n) is 6.91.